The van der Waals surface area contributed by atoms with E-state index in [2.05, 4.69) is 22.8 Å². The zero-order valence-electron chi connectivity index (χ0n) is 11.5. The predicted molar refractivity (Wildman–Crippen MR) is 77.9 cm³/mol. The number of nitrogens with two attached hydrogens (primary N) is 1. The molecular weight excluding hydrogens is 240 g/mol. The first-order valence-corrected chi connectivity index (χ1v) is 6.50. The lowest BCUT2D eigenvalue weighted by molar-refractivity contribution is 0.0996. The van der Waals surface area contributed by atoms with Crippen LogP contribution in [0, 0.1) is 0 Å². The van der Waals surface area contributed by atoms with Crippen LogP contribution in [0.25, 0.3) is 0 Å². The second-order valence-electron chi connectivity index (χ2n) is 4.34. The third-order valence-corrected chi connectivity index (χ3v) is 2.79. The van der Waals surface area contributed by atoms with E-state index in [4.69, 9.17) is 5.73 Å². The third-order valence-electron chi connectivity index (χ3n) is 2.79. The van der Waals surface area contributed by atoms with Gasteiger partial charge >= 0.3 is 0 Å². The highest BCUT2D eigenvalue weighted by molar-refractivity contribution is 5.14. The van der Waals surface area contributed by atoms with Gasteiger partial charge in [0.25, 0.3) is 0 Å². The normalized spacial score (nSPS) is 11.6. The molecule has 0 unspecified atom stereocenters. The van der Waals surface area contributed by atoms with Crippen LogP contribution in [0.5, 0.6) is 0 Å². The molecule has 0 aliphatic rings. The largest absolute Gasteiger partial charge is 0.388 e. The van der Waals surface area contributed by atoms with Gasteiger partial charge in [-0.15, -0.1) is 0 Å². The Morgan fingerprint density at radius 2 is 2.11 bits per heavy atom. The van der Waals surface area contributed by atoms with Crippen molar-refractivity contribution in [1.82, 2.24) is 15.5 Å². The fraction of sp³-hybridized carbons (Fsp3) is 0.429. The summed E-state index contributed by atoms with van der Waals surface area (Å²) < 4.78 is 0. The van der Waals surface area contributed by atoms with Gasteiger partial charge in [0, 0.05) is 32.9 Å². The first-order chi connectivity index (χ1) is 9.26. The summed E-state index contributed by atoms with van der Waals surface area (Å²) in [5.41, 5.74) is 6.79. The lowest BCUT2D eigenvalue weighted by Crippen LogP contribution is -2.27. The Morgan fingerprint density at radius 1 is 1.37 bits per heavy atom. The summed E-state index contributed by atoms with van der Waals surface area (Å²) in [4.78, 5) is 2.00. The Morgan fingerprint density at radius 3 is 2.74 bits per heavy atom. The van der Waals surface area contributed by atoms with Crippen molar-refractivity contribution in [3.63, 3.8) is 0 Å². The molecule has 1 aromatic carbocycles. The van der Waals surface area contributed by atoms with Gasteiger partial charge in [-0.25, -0.2) is 0 Å². The lowest BCUT2D eigenvalue weighted by atomic mass is 10.2. The molecule has 106 valence electrons. The molecule has 0 amide bonds. The van der Waals surface area contributed by atoms with Crippen molar-refractivity contribution in [2.45, 2.75) is 13.0 Å². The smallest absolute Gasteiger partial charge is 0.112 e. The van der Waals surface area contributed by atoms with E-state index in [0.29, 0.717) is 5.82 Å². The van der Waals surface area contributed by atoms with E-state index in [1.165, 1.54) is 5.56 Å². The molecule has 0 heterocycles. The minimum Gasteiger partial charge on any atom is -0.388 e. The van der Waals surface area contributed by atoms with Crippen LogP contribution in [0.15, 0.2) is 42.4 Å². The van der Waals surface area contributed by atoms with Crippen LogP contribution in [0.1, 0.15) is 12.0 Å². The molecule has 0 radical (unpaired) electrons. The maximum Gasteiger partial charge on any atom is 0.112 e. The minimum atomic E-state index is 0.0728. The van der Waals surface area contributed by atoms with Crippen LogP contribution in [-0.2, 0) is 6.54 Å². The summed E-state index contributed by atoms with van der Waals surface area (Å²) in [6.45, 7) is 2.51. The molecule has 1 rings (SSSR count). The molecule has 0 aliphatic carbocycles. The molecule has 1 aromatic rings. The molecule has 0 fully saturated rings. The zero-order chi connectivity index (χ0) is 13.9. The molecule has 5 heteroatoms. The summed E-state index contributed by atoms with van der Waals surface area (Å²) in [6, 6.07) is 10.2. The highest BCUT2D eigenvalue weighted by Gasteiger charge is 2.03. The Balaban J connectivity index is 2.22. The van der Waals surface area contributed by atoms with Gasteiger partial charge in [-0.3, -0.25) is 4.90 Å². The van der Waals surface area contributed by atoms with Crippen LogP contribution in [-0.4, -0.2) is 36.9 Å². The van der Waals surface area contributed by atoms with Crippen LogP contribution in [0.2, 0.25) is 0 Å². The number of hydrogen-bond acceptors (Lipinski definition) is 5. The maximum atomic E-state index is 9.33. The summed E-state index contributed by atoms with van der Waals surface area (Å²) in [7, 11) is 1.78. The van der Waals surface area contributed by atoms with Gasteiger partial charge < -0.3 is 21.5 Å². The topological polar surface area (TPSA) is 73.5 Å². The van der Waals surface area contributed by atoms with Crippen molar-refractivity contribution in [2.75, 3.05) is 26.9 Å². The quantitative estimate of drug-likeness (QED) is 0.384. The van der Waals surface area contributed by atoms with E-state index in [9.17, 15) is 5.11 Å². The number of nitrogens with one attached hydrogen (secondary N) is 2. The molecule has 19 heavy (non-hydrogen) atoms. The SMILES string of the molecule is CN/C(N)=C\NCCCN(CO)Cc1ccccc1. The molecule has 5 N–H and O–H groups in total. The van der Waals surface area contributed by atoms with Crippen LogP contribution in [0.3, 0.4) is 0 Å². The average Bonchev–Trinajstić information content (AvgIpc) is 2.46. The molecule has 0 aliphatic heterocycles. The number of aliphatic hydroxyl groups excluding tert-OH is 1. The van der Waals surface area contributed by atoms with Crippen molar-refractivity contribution in [3.05, 3.63) is 47.9 Å². The van der Waals surface area contributed by atoms with Gasteiger partial charge in [0.1, 0.15) is 5.82 Å². The van der Waals surface area contributed by atoms with Crippen LogP contribution < -0.4 is 16.4 Å². The molecule has 0 saturated heterocycles. The van der Waals surface area contributed by atoms with Crippen molar-refractivity contribution >= 4 is 0 Å². The van der Waals surface area contributed by atoms with Gasteiger partial charge in [0.05, 0.1) is 6.73 Å². The minimum absolute atomic E-state index is 0.0728. The zero-order valence-corrected chi connectivity index (χ0v) is 11.5. The Labute approximate surface area is 115 Å². The molecule has 0 saturated carbocycles. The number of aliphatic hydroxyl groups is 1. The average molecular weight is 264 g/mol. The second kappa shape index (κ2) is 9.24. The summed E-state index contributed by atoms with van der Waals surface area (Å²) in [6.07, 6.45) is 2.70. The summed E-state index contributed by atoms with van der Waals surface area (Å²) in [5, 5.41) is 15.3. The first kappa shape index (κ1) is 15.3. The van der Waals surface area contributed by atoms with Gasteiger partial charge in [0.15, 0.2) is 0 Å². The second-order valence-corrected chi connectivity index (χ2v) is 4.34. The molecule has 0 bridgehead atoms. The van der Waals surface area contributed by atoms with Crippen LogP contribution in [0.4, 0.5) is 0 Å². The predicted octanol–water partition coefficient (Wildman–Crippen LogP) is 0.395. The Bertz CT molecular complexity index is 367. The number of hydrogen-bond donors (Lipinski definition) is 4. The van der Waals surface area contributed by atoms with Crippen molar-refractivity contribution in [1.29, 1.82) is 0 Å². The van der Waals surface area contributed by atoms with Gasteiger partial charge in [-0.2, -0.15) is 0 Å². The van der Waals surface area contributed by atoms with Crippen molar-refractivity contribution in [3.8, 4) is 0 Å². The molecular formula is C14H24N4O. The van der Waals surface area contributed by atoms with Gasteiger partial charge in [-0.1, -0.05) is 30.3 Å². The standard InChI is InChI=1S/C14H24N4O/c1-16-14(15)10-17-8-5-9-18(12-19)11-13-6-3-2-4-7-13/h2-4,6-7,10,16-17,19H,5,8-9,11-12,15H2,1H3/b14-10-. The van der Waals surface area contributed by atoms with E-state index < -0.39 is 0 Å². The van der Waals surface area contributed by atoms with Crippen molar-refractivity contribution in [2.24, 2.45) is 5.73 Å². The lowest BCUT2D eigenvalue weighted by Gasteiger charge is -2.19. The summed E-state index contributed by atoms with van der Waals surface area (Å²) >= 11 is 0. The van der Waals surface area contributed by atoms with Gasteiger partial charge in [0.2, 0.25) is 0 Å². The number of rotatable bonds is 9. The molecule has 0 spiro atoms. The fourth-order valence-electron chi connectivity index (χ4n) is 1.70. The maximum absolute atomic E-state index is 9.33. The van der Waals surface area contributed by atoms with E-state index in [1.54, 1.807) is 13.2 Å². The van der Waals surface area contributed by atoms with Crippen molar-refractivity contribution < 1.29 is 5.11 Å². The van der Waals surface area contributed by atoms with E-state index in [-0.39, 0.29) is 6.73 Å². The highest BCUT2D eigenvalue weighted by Crippen LogP contribution is 2.03. The monoisotopic (exact) mass is 264 g/mol. The van der Waals surface area contributed by atoms with E-state index in [0.717, 1.165) is 26.1 Å². The van der Waals surface area contributed by atoms with E-state index in [1.807, 2.05) is 23.1 Å². The molecule has 0 atom stereocenters. The molecule has 0 aromatic heterocycles. The third kappa shape index (κ3) is 6.69. The fourth-order valence-corrected chi connectivity index (χ4v) is 1.70. The Hall–Kier alpha value is -1.72. The Kier molecular flexibility index (Phi) is 7.46. The van der Waals surface area contributed by atoms with Crippen LogP contribution >= 0.6 is 0 Å². The highest BCUT2D eigenvalue weighted by atomic mass is 16.3. The summed E-state index contributed by atoms with van der Waals surface area (Å²) in [5.74, 6) is 0.614. The number of nitrogens with zero attached hydrogens (tertiary/aromatic N) is 1. The molecule has 5 nitrogen and oxygen atoms in total. The number of benzene rings is 1. The van der Waals surface area contributed by atoms with Gasteiger partial charge in [-0.05, 0) is 12.0 Å². The van der Waals surface area contributed by atoms with E-state index >= 15 is 0 Å². The first-order valence-electron chi connectivity index (χ1n) is 6.50.